The Hall–Kier alpha value is -2.80. The van der Waals surface area contributed by atoms with E-state index in [2.05, 4.69) is 15.0 Å². The van der Waals surface area contributed by atoms with Gasteiger partial charge in [-0.25, -0.2) is 14.8 Å². The first-order valence-corrected chi connectivity index (χ1v) is 7.04. The molecule has 0 saturated carbocycles. The van der Waals surface area contributed by atoms with Crippen LogP contribution < -0.4 is 5.56 Å². The van der Waals surface area contributed by atoms with Gasteiger partial charge in [0.05, 0.1) is 22.6 Å². The Morgan fingerprint density at radius 3 is 2.87 bits per heavy atom. The van der Waals surface area contributed by atoms with Crippen molar-refractivity contribution in [2.24, 2.45) is 0 Å². The largest absolute Gasteiger partial charge is 0.454 e. The van der Waals surface area contributed by atoms with Crippen LogP contribution in [0.15, 0.2) is 41.6 Å². The average Bonchev–Trinajstić information content (AvgIpc) is 2.54. The molecule has 0 aromatic carbocycles. The molecule has 3 heterocycles. The molecule has 0 aliphatic carbocycles. The number of ether oxygens (including phenoxy) is 1. The summed E-state index contributed by atoms with van der Waals surface area (Å²) in [4.78, 5) is 36.0. The molecule has 23 heavy (non-hydrogen) atoms. The summed E-state index contributed by atoms with van der Waals surface area (Å²) < 4.78 is 6.42. The van der Waals surface area contributed by atoms with E-state index in [1.54, 1.807) is 19.1 Å². The maximum Gasteiger partial charge on any atom is 0.358 e. The number of hydrogen-bond donors (Lipinski definition) is 0. The molecule has 0 bridgehead atoms. The molecule has 116 valence electrons. The van der Waals surface area contributed by atoms with Gasteiger partial charge in [0.25, 0.3) is 5.56 Å². The first-order valence-electron chi connectivity index (χ1n) is 6.66. The normalized spacial score (nSPS) is 10.7. The van der Waals surface area contributed by atoms with E-state index in [0.29, 0.717) is 22.1 Å². The van der Waals surface area contributed by atoms with Gasteiger partial charge in [0, 0.05) is 18.5 Å². The summed E-state index contributed by atoms with van der Waals surface area (Å²) in [7, 11) is 0. The van der Waals surface area contributed by atoms with E-state index in [-0.39, 0.29) is 17.9 Å². The van der Waals surface area contributed by atoms with Gasteiger partial charge in [-0.1, -0.05) is 11.6 Å². The molecule has 0 N–H and O–H groups in total. The van der Waals surface area contributed by atoms with Crippen LogP contribution in [-0.2, 0) is 11.3 Å². The van der Waals surface area contributed by atoms with Gasteiger partial charge in [-0.05, 0) is 19.1 Å². The highest BCUT2D eigenvalue weighted by molar-refractivity contribution is 6.30. The molecule has 0 unspecified atom stereocenters. The van der Waals surface area contributed by atoms with Crippen molar-refractivity contribution in [1.29, 1.82) is 0 Å². The van der Waals surface area contributed by atoms with E-state index in [1.165, 1.54) is 29.1 Å². The smallest absolute Gasteiger partial charge is 0.358 e. The number of nitrogens with zero attached hydrogens (tertiary/aromatic N) is 4. The Morgan fingerprint density at radius 2 is 2.13 bits per heavy atom. The van der Waals surface area contributed by atoms with Gasteiger partial charge in [-0.2, -0.15) is 0 Å². The third-order valence-corrected chi connectivity index (χ3v) is 3.24. The van der Waals surface area contributed by atoms with Gasteiger partial charge in [0.1, 0.15) is 12.3 Å². The lowest BCUT2D eigenvalue weighted by Crippen LogP contribution is -2.17. The molecular formula is C15H11ClN4O3. The average molecular weight is 331 g/mol. The second-order valence-corrected chi connectivity index (χ2v) is 5.22. The number of rotatable bonds is 3. The molecule has 0 amide bonds. The minimum atomic E-state index is -0.629. The van der Waals surface area contributed by atoms with Crippen LogP contribution in [0.1, 0.15) is 21.9 Å². The summed E-state index contributed by atoms with van der Waals surface area (Å²) in [5, 5.41) is 0.429. The second kappa shape index (κ2) is 6.13. The van der Waals surface area contributed by atoms with Gasteiger partial charge in [0.2, 0.25) is 0 Å². The predicted molar refractivity (Wildman–Crippen MR) is 82.4 cm³/mol. The summed E-state index contributed by atoms with van der Waals surface area (Å²) in [6.45, 7) is 1.63. The molecule has 3 aromatic heterocycles. The Morgan fingerprint density at radius 1 is 1.30 bits per heavy atom. The molecule has 0 fully saturated rings. The minimum absolute atomic E-state index is 0.0971. The Balaban J connectivity index is 1.79. The summed E-state index contributed by atoms with van der Waals surface area (Å²) >= 11 is 5.84. The van der Waals surface area contributed by atoms with E-state index in [9.17, 15) is 9.59 Å². The van der Waals surface area contributed by atoms with Crippen LogP contribution in [0.5, 0.6) is 0 Å². The van der Waals surface area contributed by atoms with E-state index < -0.39 is 5.97 Å². The van der Waals surface area contributed by atoms with E-state index in [4.69, 9.17) is 16.3 Å². The summed E-state index contributed by atoms with van der Waals surface area (Å²) in [6.07, 6.45) is 4.28. The Labute approximate surface area is 135 Å². The van der Waals surface area contributed by atoms with Crippen LogP contribution in [0, 0.1) is 6.92 Å². The highest BCUT2D eigenvalue weighted by Crippen LogP contribution is 2.09. The van der Waals surface area contributed by atoms with E-state index in [1.807, 2.05) is 0 Å². The number of aromatic nitrogens is 4. The zero-order valence-corrected chi connectivity index (χ0v) is 12.8. The highest BCUT2D eigenvalue weighted by Gasteiger charge is 2.11. The third-order valence-electron chi connectivity index (χ3n) is 3.02. The molecule has 0 spiro atoms. The SMILES string of the molecule is Cc1cnc(C(=O)OCc2cc(=O)n3cc(Cl)ccc3n2)cn1. The quantitative estimate of drug-likeness (QED) is 0.681. The van der Waals surface area contributed by atoms with Crippen LogP contribution in [0.3, 0.4) is 0 Å². The predicted octanol–water partition coefficient (Wildman–Crippen LogP) is 1.80. The number of fused-ring (bicyclic) bond motifs is 1. The molecule has 3 rings (SSSR count). The summed E-state index contributed by atoms with van der Waals surface area (Å²) in [5.74, 6) is -0.629. The number of hydrogen-bond acceptors (Lipinski definition) is 6. The monoisotopic (exact) mass is 330 g/mol. The minimum Gasteiger partial charge on any atom is -0.454 e. The van der Waals surface area contributed by atoms with Crippen LogP contribution in [0.25, 0.3) is 5.65 Å². The topological polar surface area (TPSA) is 86.5 Å². The lowest BCUT2D eigenvalue weighted by molar-refractivity contribution is 0.0460. The number of aryl methyl sites for hydroxylation is 1. The highest BCUT2D eigenvalue weighted by atomic mass is 35.5. The van der Waals surface area contributed by atoms with Crippen molar-refractivity contribution in [2.45, 2.75) is 13.5 Å². The zero-order valence-electron chi connectivity index (χ0n) is 12.1. The number of halogens is 1. The summed E-state index contributed by atoms with van der Waals surface area (Å²) in [6, 6.07) is 4.53. The van der Waals surface area contributed by atoms with Crippen molar-refractivity contribution in [3.63, 3.8) is 0 Å². The van der Waals surface area contributed by atoms with Gasteiger partial charge in [0.15, 0.2) is 5.69 Å². The zero-order chi connectivity index (χ0) is 16.4. The molecule has 7 nitrogen and oxygen atoms in total. The maximum atomic E-state index is 12.0. The fraction of sp³-hybridized carbons (Fsp3) is 0.133. The summed E-state index contributed by atoms with van der Waals surface area (Å²) in [5.41, 5.74) is 1.25. The molecule has 0 aliphatic rings. The lowest BCUT2D eigenvalue weighted by atomic mass is 10.4. The van der Waals surface area contributed by atoms with E-state index in [0.717, 1.165) is 0 Å². The molecular weight excluding hydrogens is 320 g/mol. The molecule has 8 heteroatoms. The number of esters is 1. The first-order chi connectivity index (χ1) is 11.0. The molecule has 0 atom stereocenters. The van der Waals surface area contributed by atoms with Crippen molar-refractivity contribution < 1.29 is 9.53 Å². The van der Waals surface area contributed by atoms with E-state index >= 15 is 0 Å². The van der Waals surface area contributed by atoms with Crippen molar-refractivity contribution in [3.05, 3.63) is 69.2 Å². The number of carbonyl (C=O) groups is 1. The van der Waals surface area contributed by atoms with Crippen LogP contribution >= 0.6 is 11.6 Å². The third kappa shape index (κ3) is 3.35. The molecule has 0 aliphatic heterocycles. The Kier molecular flexibility index (Phi) is 4.03. The van der Waals surface area contributed by atoms with Gasteiger partial charge < -0.3 is 4.74 Å². The van der Waals surface area contributed by atoms with Gasteiger partial charge in [-0.3, -0.25) is 14.2 Å². The molecule has 3 aromatic rings. The van der Waals surface area contributed by atoms with Crippen LogP contribution in [0.4, 0.5) is 0 Å². The van der Waals surface area contributed by atoms with Crippen LogP contribution in [0.2, 0.25) is 5.02 Å². The van der Waals surface area contributed by atoms with Crippen molar-refractivity contribution in [3.8, 4) is 0 Å². The van der Waals surface area contributed by atoms with Crippen molar-refractivity contribution in [2.75, 3.05) is 0 Å². The van der Waals surface area contributed by atoms with Gasteiger partial charge in [-0.15, -0.1) is 0 Å². The number of pyridine rings is 1. The fourth-order valence-electron chi connectivity index (χ4n) is 1.91. The number of carbonyl (C=O) groups excluding carboxylic acids is 1. The standard InChI is InChI=1S/C15H11ClN4O3/c1-9-5-18-12(6-17-9)15(22)23-8-11-4-14(21)20-7-10(16)2-3-13(20)19-11/h2-7H,8H2,1H3. The lowest BCUT2D eigenvalue weighted by Gasteiger charge is -2.06. The molecule has 0 radical (unpaired) electrons. The fourth-order valence-corrected chi connectivity index (χ4v) is 2.07. The second-order valence-electron chi connectivity index (χ2n) is 4.78. The first kappa shape index (κ1) is 15.1. The van der Waals surface area contributed by atoms with Crippen LogP contribution in [-0.4, -0.2) is 25.3 Å². The maximum absolute atomic E-state index is 12.0. The molecule has 0 saturated heterocycles. The van der Waals surface area contributed by atoms with Gasteiger partial charge >= 0.3 is 5.97 Å². The van der Waals surface area contributed by atoms with Crippen molar-refractivity contribution >= 4 is 23.2 Å². The Bertz CT molecular complexity index is 938. The van der Waals surface area contributed by atoms with Crippen molar-refractivity contribution in [1.82, 2.24) is 19.4 Å².